The molecule has 3 aromatic heterocycles. The Balaban J connectivity index is 1.36. The van der Waals surface area contributed by atoms with Crippen LogP contribution in [0.4, 0.5) is 10.9 Å². The number of likely N-dealkylation sites (N-methyl/N-ethyl adjacent to an activating group) is 1. The summed E-state index contributed by atoms with van der Waals surface area (Å²) >= 11 is 8.29. The van der Waals surface area contributed by atoms with Gasteiger partial charge in [-0.2, -0.15) is 4.57 Å². The molecule has 0 radical (unpaired) electrons. The van der Waals surface area contributed by atoms with Crippen LogP contribution in [0.25, 0.3) is 11.0 Å². The summed E-state index contributed by atoms with van der Waals surface area (Å²) in [6, 6.07) is 4.52. The van der Waals surface area contributed by atoms with Gasteiger partial charge < -0.3 is 46.5 Å². The molecule has 5 heterocycles. The van der Waals surface area contributed by atoms with E-state index in [2.05, 4.69) is 31.1 Å². The summed E-state index contributed by atoms with van der Waals surface area (Å²) in [5, 5.41) is 33.3. The number of thioether (sulfide) groups is 1. The van der Waals surface area contributed by atoms with Crippen LogP contribution < -0.4 is 31.4 Å². The van der Waals surface area contributed by atoms with Crippen LogP contribution in [0.1, 0.15) is 12.6 Å². The maximum Gasteiger partial charge on any atom is 0.347 e. The molecule has 2 amide bonds. The number of carbonyl (C=O) groups is 4. The van der Waals surface area contributed by atoms with Crippen LogP contribution in [0, 0.1) is 0 Å². The summed E-state index contributed by atoms with van der Waals surface area (Å²) < 4.78 is 1.87. The standard InChI is InChI=1S/C26H28ClN9O7S2/c1-11(24(39)40)43-34-17(16-20(27)45-26(28)33-16)21(37)32-18-22(38)36-19(25(41)42)12(10-44-23(18)36)9-35-7-3-4-13-14(35)8-15(31-13)30-6-5-29-2/h3-4,7-8,11,18,23,29H,5-6,9-10H2,1-2H3,(H6,28,30,31,32,33,37,39,40,41,42)/b34-17-/t11-,18?,23+/m0/s1. The first-order chi connectivity index (χ1) is 21.5. The number of thiazole rings is 1. The molecule has 0 aliphatic carbocycles. The molecule has 1 saturated heterocycles. The third kappa shape index (κ3) is 6.53. The van der Waals surface area contributed by atoms with Crippen molar-refractivity contribution in [1.29, 1.82) is 0 Å². The first kappa shape index (κ1) is 32.0. The number of halogens is 1. The molecule has 0 spiro atoms. The number of carboxylic acids is 2. The maximum absolute atomic E-state index is 13.3. The molecule has 0 saturated carbocycles. The Morgan fingerprint density at radius 1 is 1.40 bits per heavy atom. The lowest BCUT2D eigenvalue weighted by atomic mass is 10.0. The molecule has 2 aliphatic heterocycles. The number of β-lactam (4-membered cyclic amide) rings is 1. The number of hydrogen-bond acceptors (Lipinski definition) is 13. The number of rotatable bonds is 13. The van der Waals surface area contributed by atoms with E-state index in [1.54, 1.807) is 0 Å². The normalized spacial score (nSPS) is 18.8. The minimum atomic E-state index is -1.52. The van der Waals surface area contributed by atoms with Crippen LogP contribution in [0.15, 0.2) is 40.8 Å². The monoisotopic (exact) mass is 677 g/mol. The second-order valence-corrected chi connectivity index (χ2v) is 12.7. The highest BCUT2D eigenvalue weighted by atomic mass is 35.5. The van der Waals surface area contributed by atoms with Crippen LogP contribution in [0.2, 0.25) is 4.34 Å². The van der Waals surface area contributed by atoms with Gasteiger partial charge in [0.1, 0.15) is 32.8 Å². The number of nitrogens with two attached hydrogens (primary N) is 1. The zero-order chi connectivity index (χ0) is 32.4. The zero-order valence-corrected chi connectivity index (χ0v) is 26.2. The van der Waals surface area contributed by atoms with E-state index in [0.717, 1.165) is 39.6 Å². The molecule has 3 atom stereocenters. The number of aromatic amines is 1. The summed E-state index contributed by atoms with van der Waals surface area (Å²) in [6.07, 6.45) is 0.401. The van der Waals surface area contributed by atoms with Crippen LogP contribution in [0.5, 0.6) is 0 Å². The third-order valence-electron chi connectivity index (χ3n) is 6.94. The van der Waals surface area contributed by atoms with Gasteiger partial charge >= 0.3 is 5.97 Å². The minimum absolute atomic E-state index is 0.00999. The molecular weight excluding hydrogens is 650 g/mol. The highest BCUT2D eigenvalue weighted by molar-refractivity contribution is 8.00. The van der Waals surface area contributed by atoms with Gasteiger partial charge in [-0.1, -0.05) is 28.1 Å². The molecule has 1 fully saturated rings. The van der Waals surface area contributed by atoms with E-state index in [1.165, 1.54) is 18.7 Å². The van der Waals surface area contributed by atoms with Gasteiger partial charge in [-0.3, -0.25) is 14.5 Å². The summed E-state index contributed by atoms with van der Waals surface area (Å²) in [6.45, 7) is 2.84. The molecule has 7 N–H and O–H groups in total. The molecule has 1 unspecified atom stereocenters. The van der Waals surface area contributed by atoms with Crippen LogP contribution >= 0.6 is 34.7 Å². The Bertz CT molecular complexity index is 1740. The summed E-state index contributed by atoms with van der Waals surface area (Å²) in [4.78, 5) is 63.5. The van der Waals surface area contributed by atoms with Crippen molar-refractivity contribution in [1.82, 2.24) is 25.5 Å². The van der Waals surface area contributed by atoms with Gasteiger partial charge in [0, 0.05) is 30.5 Å². The number of H-pyrrole nitrogens is 1. The molecule has 16 nitrogen and oxygen atoms in total. The van der Waals surface area contributed by atoms with E-state index in [-0.39, 0.29) is 33.2 Å². The largest absolute Gasteiger partial charge is 0.543 e. The molecule has 3 aromatic rings. The lowest BCUT2D eigenvalue weighted by Gasteiger charge is -2.50. The molecule has 19 heteroatoms. The number of nitrogens with zero attached hydrogens (tertiary/aromatic N) is 4. The first-order valence-electron chi connectivity index (χ1n) is 13.5. The number of hydrogen-bond donors (Lipinski definition) is 6. The topological polar surface area (TPSA) is 231 Å². The van der Waals surface area contributed by atoms with Gasteiger partial charge in [0.15, 0.2) is 23.6 Å². The van der Waals surface area contributed by atoms with Crippen molar-refractivity contribution in [2.24, 2.45) is 5.16 Å². The first-order valence-corrected chi connectivity index (χ1v) is 15.7. The molecule has 45 heavy (non-hydrogen) atoms. The quantitative estimate of drug-likeness (QED) is 0.0424. The van der Waals surface area contributed by atoms with Gasteiger partial charge in [-0.15, -0.1) is 11.8 Å². The average molecular weight is 678 g/mol. The fraction of sp³-hybridized carbons (Fsp3) is 0.346. The van der Waals surface area contributed by atoms with Crippen molar-refractivity contribution in [2.45, 2.75) is 31.0 Å². The fourth-order valence-corrected chi connectivity index (χ4v) is 7.01. The van der Waals surface area contributed by atoms with E-state index in [0.29, 0.717) is 12.1 Å². The van der Waals surface area contributed by atoms with Gasteiger partial charge in [-0.25, -0.2) is 9.78 Å². The van der Waals surface area contributed by atoms with E-state index < -0.39 is 47.0 Å². The predicted molar refractivity (Wildman–Crippen MR) is 164 cm³/mol. The number of anilines is 2. The Kier molecular flexibility index (Phi) is 9.47. The lowest BCUT2D eigenvalue weighted by Crippen LogP contribution is -2.71. The number of nitrogen functional groups attached to an aromatic ring is 1. The van der Waals surface area contributed by atoms with Crippen molar-refractivity contribution in [2.75, 3.05) is 36.9 Å². The van der Waals surface area contributed by atoms with E-state index in [4.69, 9.17) is 27.3 Å². The van der Waals surface area contributed by atoms with Crippen molar-refractivity contribution in [3.8, 4) is 0 Å². The van der Waals surface area contributed by atoms with Crippen molar-refractivity contribution in [3.63, 3.8) is 0 Å². The van der Waals surface area contributed by atoms with Gasteiger partial charge in [0.05, 0.1) is 17.7 Å². The number of amides is 2. The summed E-state index contributed by atoms with van der Waals surface area (Å²) in [5.41, 5.74) is 6.90. The smallest absolute Gasteiger partial charge is 0.347 e. The molecule has 0 bridgehead atoms. The molecular formula is C26H28ClN9O7S2. The number of carbonyl (C=O) groups excluding carboxylic acids is 3. The van der Waals surface area contributed by atoms with E-state index in [1.807, 2.05) is 36.0 Å². The van der Waals surface area contributed by atoms with Gasteiger partial charge in [0.25, 0.3) is 11.8 Å². The van der Waals surface area contributed by atoms with Crippen molar-refractivity contribution in [3.05, 3.63) is 45.7 Å². The van der Waals surface area contributed by atoms with Crippen molar-refractivity contribution >= 4 is 86.1 Å². The lowest BCUT2D eigenvalue weighted by molar-refractivity contribution is -0.663. The number of aromatic nitrogens is 3. The van der Waals surface area contributed by atoms with Gasteiger partial charge in [0.2, 0.25) is 11.6 Å². The SMILES string of the molecule is CNCCNc1cc2c(ccc[n+]2CC2=C(C(=O)[O-])N3C(=O)C(NC(=O)/C(=N\O[C@@H](C)C(=O)O)c4nc(N)sc4Cl)[C@H]3SC2)[nH]1. The molecule has 5 rings (SSSR count). The highest BCUT2D eigenvalue weighted by Gasteiger charge is 2.53. The predicted octanol–water partition coefficient (Wildman–Crippen LogP) is -0.923. The van der Waals surface area contributed by atoms with Crippen LogP contribution in [-0.2, 0) is 30.6 Å². The van der Waals surface area contributed by atoms with E-state index >= 15 is 0 Å². The number of nitrogens with one attached hydrogen (secondary N) is 4. The van der Waals surface area contributed by atoms with Gasteiger partial charge in [-0.05, 0) is 20.0 Å². The Labute approximate surface area is 268 Å². The summed E-state index contributed by atoms with van der Waals surface area (Å²) in [5.74, 6) is -3.45. The van der Waals surface area contributed by atoms with Crippen LogP contribution in [0.3, 0.4) is 0 Å². The minimum Gasteiger partial charge on any atom is -0.543 e. The number of carboxylic acid groups (broad SMARTS) is 2. The van der Waals surface area contributed by atoms with Crippen LogP contribution in [-0.4, -0.2) is 92.8 Å². The highest BCUT2D eigenvalue weighted by Crippen LogP contribution is 2.40. The Morgan fingerprint density at radius 3 is 2.84 bits per heavy atom. The van der Waals surface area contributed by atoms with Crippen molar-refractivity contribution < 1.29 is 38.8 Å². The Hall–Kier alpha value is -4.39. The molecule has 0 aromatic carbocycles. The number of aliphatic carboxylic acids is 2. The number of pyridine rings is 1. The number of oxime groups is 1. The molecule has 2 aliphatic rings. The second-order valence-electron chi connectivity index (χ2n) is 9.95. The second kappa shape index (κ2) is 13.3. The third-order valence-corrected chi connectivity index (χ3v) is 9.36. The summed E-state index contributed by atoms with van der Waals surface area (Å²) in [7, 11) is 1.86. The van der Waals surface area contributed by atoms with E-state index in [9.17, 15) is 24.3 Å². The Morgan fingerprint density at radius 2 is 2.18 bits per heavy atom. The fourth-order valence-electron chi connectivity index (χ4n) is 4.74. The maximum atomic E-state index is 13.3. The molecule has 238 valence electrons. The number of fused-ring (bicyclic) bond motifs is 2. The zero-order valence-electron chi connectivity index (χ0n) is 23.8. The average Bonchev–Trinajstić information content (AvgIpc) is 3.57.